The Morgan fingerprint density at radius 2 is 1.86 bits per heavy atom. The minimum Gasteiger partial charge on any atom is -0.480 e. The van der Waals surface area contributed by atoms with Gasteiger partial charge in [-0.15, -0.1) is 0 Å². The molecule has 0 fully saturated rings. The van der Waals surface area contributed by atoms with Crippen LogP contribution >= 0.6 is 11.6 Å². The Labute approximate surface area is 173 Å². The Kier molecular flexibility index (Phi) is 6.34. The molecule has 0 saturated heterocycles. The lowest BCUT2D eigenvalue weighted by Crippen LogP contribution is -2.27. The summed E-state index contributed by atoms with van der Waals surface area (Å²) >= 11 is 6.25. The summed E-state index contributed by atoms with van der Waals surface area (Å²) in [4.78, 5) is 29.0. The van der Waals surface area contributed by atoms with Crippen molar-refractivity contribution in [1.82, 2.24) is 10.3 Å². The summed E-state index contributed by atoms with van der Waals surface area (Å²) in [6.45, 7) is 2.09. The molecule has 150 valence electrons. The number of aromatic nitrogens is 1. The number of amides is 1. The molecule has 0 radical (unpaired) electrons. The van der Waals surface area contributed by atoms with Gasteiger partial charge in [0.15, 0.2) is 0 Å². The van der Waals surface area contributed by atoms with Gasteiger partial charge in [-0.1, -0.05) is 41.9 Å². The molecule has 3 rings (SSSR count). The molecule has 0 saturated carbocycles. The van der Waals surface area contributed by atoms with Gasteiger partial charge in [-0.2, -0.15) is 0 Å². The molecule has 6 nitrogen and oxygen atoms in total. The van der Waals surface area contributed by atoms with Gasteiger partial charge in [-0.05, 0) is 36.2 Å². The molecule has 0 aliphatic carbocycles. The van der Waals surface area contributed by atoms with E-state index in [1.807, 2.05) is 37.3 Å². The second-order valence-corrected chi connectivity index (χ2v) is 6.96. The van der Waals surface area contributed by atoms with E-state index in [0.29, 0.717) is 15.9 Å². The first-order chi connectivity index (χ1) is 13.9. The lowest BCUT2D eigenvalue weighted by atomic mass is 10.0. The molecule has 7 heteroatoms. The van der Waals surface area contributed by atoms with Crippen LogP contribution in [0.1, 0.15) is 34.3 Å². The predicted octanol–water partition coefficient (Wildman–Crippen LogP) is 4.10. The van der Waals surface area contributed by atoms with Gasteiger partial charge >= 0.3 is 5.97 Å². The van der Waals surface area contributed by atoms with Crippen molar-refractivity contribution in [3.05, 3.63) is 70.2 Å². The maximum Gasteiger partial charge on any atom is 0.343 e. The molecule has 0 spiro atoms. The quantitative estimate of drug-likeness (QED) is 0.616. The summed E-state index contributed by atoms with van der Waals surface area (Å²) in [5.74, 6) is -0.808. The van der Waals surface area contributed by atoms with Gasteiger partial charge in [-0.25, -0.2) is 9.78 Å². The number of rotatable bonds is 6. The maximum atomic E-state index is 12.6. The van der Waals surface area contributed by atoms with E-state index in [1.165, 1.54) is 14.2 Å². The number of carbonyl (C=O) groups is 2. The normalized spacial score (nSPS) is 11.7. The van der Waals surface area contributed by atoms with Crippen LogP contribution in [-0.2, 0) is 16.1 Å². The van der Waals surface area contributed by atoms with Crippen molar-refractivity contribution < 1.29 is 19.1 Å². The van der Waals surface area contributed by atoms with Crippen molar-refractivity contribution in [2.75, 3.05) is 14.2 Å². The average Bonchev–Trinajstić information content (AvgIpc) is 2.75. The van der Waals surface area contributed by atoms with Crippen LogP contribution in [0.5, 0.6) is 5.88 Å². The third-order valence-corrected chi connectivity index (χ3v) is 4.89. The van der Waals surface area contributed by atoms with Crippen molar-refractivity contribution in [2.45, 2.75) is 19.4 Å². The van der Waals surface area contributed by atoms with Gasteiger partial charge in [0.05, 0.1) is 25.7 Å². The first-order valence-electron chi connectivity index (χ1n) is 9.02. The summed E-state index contributed by atoms with van der Waals surface area (Å²) < 4.78 is 10.0. The molecule has 0 aliphatic heterocycles. The zero-order valence-electron chi connectivity index (χ0n) is 16.4. The van der Waals surface area contributed by atoms with E-state index in [2.05, 4.69) is 10.3 Å². The lowest BCUT2D eigenvalue weighted by Gasteiger charge is -2.15. The van der Waals surface area contributed by atoms with Crippen molar-refractivity contribution in [1.29, 1.82) is 0 Å². The van der Waals surface area contributed by atoms with E-state index < -0.39 is 5.97 Å². The highest BCUT2D eigenvalue weighted by molar-refractivity contribution is 6.31. The Bertz CT molecular complexity index is 1050. The highest BCUT2D eigenvalue weighted by Crippen LogP contribution is 2.28. The van der Waals surface area contributed by atoms with E-state index >= 15 is 0 Å². The standard InChI is InChI=1S/C22H21ClN2O4/c1-13(14-7-5-4-6-8-14)20(26)24-12-16-10-17(23)9-15-11-18(22(27)29-3)21(28-2)25-19(15)16/h4-11,13H,12H2,1-3H3,(H,24,26)/t13-/m0/s1. The molecule has 1 amide bonds. The van der Waals surface area contributed by atoms with Gasteiger partial charge in [-0.3, -0.25) is 4.79 Å². The summed E-state index contributed by atoms with van der Waals surface area (Å²) in [6, 6.07) is 14.6. The first-order valence-corrected chi connectivity index (χ1v) is 9.40. The molecule has 3 aromatic rings. The van der Waals surface area contributed by atoms with Crippen molar-refractivity contribution in [2.24, 2.45) is 0 Å². The van der Waals surface area contributed by atoms with Crippen molar-refractivity contribution in [3.63, 3.8) is 0 Å². The molecule has 1 atom stereocenters. The van der Waals surface area contributed by atoms with E-state index in [0.717, 1.165) is 11.1 Å². The van der Waals surface area contributed by atoms with Crippen LogP contribution in [-0.4, -0.2) is 31.1 Å². The lowest BCUT2D eigenvalue weighted by molar-refractivity contribution is -0.122. The van der Waals surface area contributed by atoms with Crippen LogP contribution in [0, 0.1) is 0 Å². The largest absolute Gasteiger partial charge is 0.480 e. The number of methoxy groups -OCH3 is 2. The van der Waals surface area contributed by atoms with Crippen LogP contribution in [0.3, 0.4) is 0 Å². The van der Waals surface area contributed by atoms with Crippen LogP contribution in [0.4, 0.5) is 0 Å². The minimum absolute atomic E-state index is 0.109. The predicted molar refractivity (Wildman–Crippen MR) is 111 cm³/mol. The number of hydrogen-bond acceptors (Lipinski definition) is 5. The van der Waals surface area contributed by atoms with E-state index in [-0.39, 0.29) is 29.8 Å². The van der Waals surface area contributed by atoms with Crippen LogP contribution in [0.15, 0.2) is 48.5 Å². The number of nitrogens with one attached hydrogen (secondary N) is 1. The summed E-state index contributed by atoms with van der Waals surface area (Å²) in [6.07, 6.45) is 0. The van der Waals surface area contributed by atoms with Crippen molar-refractivity contribution >= 4 is 34.4 Å². The molecule has 1 N–H and O–H groups in total. The SMILES string of the molecule is COC(=O)c1cc2cc(Cl)cc(CNC(=O)[C@@H](C)c3ccccc3)c2nc1OC. The molecular formula is C22H21ClN2O4. The summed E-state index contributed by atoms with van der Waals surface area (Å²) in [7, 11) is 2.72. The molecule has 1 aromatic heterocycles. The summed E-state index contributed by atoms with van der Waals surface area (Å²) in [5.41, 5.74) is 2.45. The molecule has 0 bridgehead atoms. The number of nitrogens with zero attached hydrogens (tertiary/aromatic N) is 1. The third-order valence-electron chi connectivity index (χ3n) is 4.67. The van der Waals surface area contributed by atoms with Crippen LogP contribution in [0.2, 0.25) is 5.02 Å². The van der Waals surface area contributed by atoms with Crippen LogP contribution in [0.25, 0.3) is 10.9 Å². The fourth-order valence-electron chi connectivity index (χ4n) is 3.08. The number of halogens is 1. The number of esters is 1. The van der Waals surface area contributed by atoms with Gasteiger partial charge in [0, 0.05) is 17.0 Å². The molecule has 2 aromatic carbocycles. The highest BCUT2D eigenvalue weighted by Gasteiger charge is 2.19. The zero-order chi connectivity index (χ0) is 21.0. The molecule has 1 heterocycles. The molecule has 0 unspecified atom stereocenters. The number of ether oxygens (including phenoxy) is 2. The maximum absolute atomic E-state index is 12.6. The van der Waals surface area contributed by atoms with E-state index in [9.17, 15) is 9.59 Å². The van der Waals surface area contributed by atoms with Gasteiger partial charge in [0.2, 0.25) is 11.8 Å². The summed E-state index contributed by atoms with van der Waals surface area (Å²) in [5, 5.41) is 4.06. The first kappa shape index (κ1) is 20.6. The zero-order valence-corrected chi connectivity index (χ0v) is 17.1. The van der Waals surface area contributed by atoms with Gasteiger partial charge in [0.1, 0.15) is 5.56 Å². The average molecular weight is 413 g/mol. The Morgan fingerprint density at radius 3 is 2.52 bits per heavy atom. The van der Waals surface area contributed by atoms with Gasteiger partial charge < -0.3 is 14.8 Å². The number of benzene rings is 2. The molecule has 0 aliphatic rings. The highest BCUT2D eigenvalue weighted by atomic mass is 35.5. The van der Waals surface area contributed by atoms with Crippen molar-refractivity contribution in [3.8, 4) is 5.88 Å². The Balaban J connectivity index is 1.91. The fourth-order valence-corrected chi connectivity index (χ4v) is 3.33. The monoisotopic (exact) mass is 412 g/mol. The van der Waals surface area contributed by atoms with E-state index in [4.69, 9.17) is 21.1 Å². The third kappa shape index (κ3) is 4.49. The fraction of sp³-hybridized carbons (Fsp3) is 0.227. The Hall–Kier alpha value is -3.12. The number of hydrogen-bond donors (Lipinski definition) is 1. The van der Waals surface area contributed by atoms with E-state index in [1.54, 1.807) is 18.2 Å². The van der Waals surface area contributed by atoms with Crippen LogP contribution < -0.4 is 10.1 Å². The number of pyridine rings is 1. The molecule has 29 heavy (non-hydrogen) atoms. The topological polar surface area (TPSA) is 77.5 Å². The smallest absolute Gasteiger partial charge is 0.343 e. The number of fused-ring (bicyclic) bond motifs is 1. The second kappa shape index (κ2) is 8.92. The Morgan fingerprint density at radius 1 is 1.14 bits per heavy atom. The number of carbonyl (C=O) groups excluding carboxylic acids is 2. The van der Waals surface area contributed by atoms with Gasteiger partial charge in [0.25, 0.3) is 0 Å². The second-order valence-electron chi connectivity index (χ2n) is 6.52. The minimum atomic E-state index is -0.553. The molecular weight excluding hydrogens is 392 g/mol.